The molecule has 0 N–H and O–H groups in total. The lowest BCUT2D eigenvalue weighted by Crippen LogP contribution is -2.32. The monoisotopic (exact) mass is 148 g/mol. The van der Waals surface area contributed by atoms with Crippen molar-refractivity contribution in [3.8, 4) is 0 Å². The Morgan fingerprint density at radius 1 is 1.45 bits per heavy atom. The van der Waals surface area contributed by atoms with Gasteiger partial charge in [-0.15, -0.1) is 0 Å². The van der Waals surface area contributed by atoms with Crippen LogP contribution in [0.5, 0.6) is 0 Å². The Balaban J connectivity index is 2.31. The topological polar surface area (TPSA) is 32.7 Å². The third-order valence-corrected chi connectivity index (χ3v) is 1.75. The van der Waals surface area contributed by atoms with Gasteiger partial charge in [0.05, 0.1) is 6.54 Å². The third kappa shape index (κ3) is 1.09. The van der Waals surface area contributed by atoms with E-state index in [0.717, 1.165) is 5.70 Å². The average molecular weight is 148 g/mol. The molecule has 11 heavy (non-hydrogen) atoms. The van der Waals surface area contributed by atoms with Crippen LogP contribution in [-0.4, -0.2) is 30.1 Å². The molecule has 2 aliphatic heterocycles. The van der Waals surface area contributed by atoms with Gasteiger partial charge in [0.25, 0.3) is 0 Å². The van der Waals surface area contributed by atoms with Gasteiger partial charge in [-0.2, -0.15) is 0 Å². The van der Waals surface area contributed by atoms with E-state index < -0.39 is 0 Å². The standard InChI is InChI=1S/C8H8N2O/c11-8-2-1-7-3-4-9-6-10(7)5-8/h1-4H,5-6H2. The molecule has 0 aromatic carbocycles. The first-order chi connectivity index (χ1) is 5.36. The molecule has 0 amide bonds. The highest BCUT2D eigenvalue weighted by Gasteiger charge is 2.15. The minimum atomic E-state index is 0.152. The van der Waals surface area contributed by atoms with Crippen LogP contribution in [-0.2, 0) is 4.79 Å². The molecule has 0 aliphatic carbocycles. The third-order valence-electron chi connectivity index (χ3n) is 1.75. The van der Waals surface area contributed by atoms with Crippen LogP contribution in [0.15, 0.2) is 28.9 Å². The van der Waals surface area contributed by atoms with Crippen molar-refractivity contribution in [3.05, 3.63) is 23.9 Å². The van der Waals surface area contributed by atoms with E-state index in [1.807, 2.05) is 17.1 Å². The molecule has 0 aromatic heterocycles. The van der Waals surface area contributed by atoms with Gasteiger partial charge in [-0.05, 0) is 18.2 Å². The molecule has 3 nitrogen and oxygen atoms in total. The minimum absolute atomic E-state index is 0.152. The molecule has 2 aliphatic rings. The van der Waals surface area contributed by atoms with Crippen molar-refractivity contribution >= 4 is 12.0 Å². The summed E-state index contributed by atoms with van der Waals surface area (Å²) in [6.07, 6.45) is 7.12. The van der Waals surface area contributed by atoms with Crippen molar-refractivity contribution in [1.29, 1.82) is 0 Å². The zero-order valence-corrected chi connectivity index (χ0v) is 6.03. The Kier molecular flexibility index (Phi) is 1.35. The van der Waals surface area contributed by atoms with Crippen molar-refractivity contribution in [2.45, 2.75) is 0 Å². The number of hydrogen-bond acceptors (Lipinski definition) is 3. The molecule has 3 heteroatoms. The van der Waals surface area contributed by atoms with E-state index in [2.05, 4.69) is 4.99 Å². The molecule has 56 valence electrons. The minimum Gasteiger partial charge on any atom is -0.344 e. The molecule has 0 unspecified atom stereocenters. The second-order valence-electron chi connectivity index (χ2n) is 2.56. The normalized spacial score (nSPS) is 21.6. The first-order valence-corrected chi connectivity index (χ1v) is 3.52. The lowest BCUT2D eigenvalue weighted by molar-refractivity contribution is -0.115. The maximum atomic E-state index is 10.9. The van der Waals surface area contributed by atoms with Crippen LogP contribution in [0.3, 0.4) is 0 Å². The predicted octanol–water partition coefficient (Wildman–Crippen LogP) is 0.353. The molecule has 0 bridgehead atoms. The number of ketones is 1. The van der Waals surface area contributed by atoms with E-state index in [0.29, 0.717) is 13.2 Å². The molecule has 2 heterocycles. The first kappa shape index (κ1) is 6.34. The fourth-order valence-corrected chi connectivity index (χ4v) is 1.18. The molecule has 0 atom stereocenters. The van der Waals surface area contributed by atoms with Crippen LogP contribution in [0.25, 0.3) is 0 Å². The van der Waals surface area contributed by atoms with E-state index in [1.54, 1.807) is 12.3 Å². The fraction of sp³-hybridized carbons (Fsp3) is 0.250. The number of rotatable bonds is 0. The average Bonchev–Trinajstić information content (AvgIpc) is 2.04. The Hall–Kier alpha value is -1.38. The van der Waals surface area contributed by atoms with Gasteiger partial charge >= 0.3 is 0 Å². The van der Waals surface area contributed by atoms with Crippen LogP contribution in [0.4, 0.5) is 0 Å². The van der Waals surface area contributed by atoms with Crippen molar-refractivity contribution in [2.24, 2.45) is 4.99 Å². The number of carbonyl (C=O) groups excluding carboxylic acids is 1. The summed E-state index contributed by atoms with van der Waals surface area (Å²) in [5.74, 6) is 0.152. The number of fused-ring (bicyclic) bond motifs is 1. The van der Waals surface area contributed by atoms with Crippen LogP contribution >= 0.6 is 0 Å². The molecule has 2 rings (SSSR count). The SMILES string of the molecule is O=C1C=CC2=CC=NCN2C1. The van der Waals surface area contributed by atoms with Crippen molar-refractivity contribution in [1.82, 2.24) is 4.90 Å². The first-order valence-electron chi connectivity index (χ1n) is 3.52. The van der Waals surface area contributed by atoms with Gasteiger partial charge in [0, 0.05) is 11.9 Å². The summed E-state index contributed by atoms with van der Waals surface area (Å²) in [5.41, 5.74) is 1.08. The fourth-order valence-electron chi connectivity index (χ4n) is 1.18. The summed E-state index contributed by atoms with van der Waals surface area (Å²) in [7, 11) is 0. The van der Waals surface area contributed by atoms with Gasteiger partial charge in [0.1, 0.15) is 6.67 Å². The summed E-state index contributed by atoms with van der Waals surface area (Å²) >= 11 is 0. The van der Waals surface area contributed by atoms with Crippen LogP contribution < -0.4 is 0 Å². The van der Waals surface area contributed by atoms with E-state index in [9.17, 15) is 4.79 Å². The molecule has 0 saturated heterocycles. The summed E-state index contributed by atoms with van der Waals surface area (Å²) in [6.45, 7) is 1.08. The Morgan fingerprint density at radius 3 is 3.27 bits per heavy atom. The molecule has 0 saturated carbocycles. The van der Waals surface area contributed by atoms with Crippen molar-refractivity contribution in [2.75, 3.05) is 13.2 Å². The van der Waals surface area contributed by atoms with Gasteiger partial charge in [0.2, 0.25) is 0 Å². The molecule has 0 spiro atoms. The van der Waals surface area contributed by atoms with Crippen LogP contribution in [0.2, 0.25) is 0 Å². The van der Waals surface area contributed by atoms with Gasteiger partial charge in [0.15, 0.2) is 5.78 Å². The molecule has 0 radical (unpaired) electrons. The number of allylic oxidation sites excluding steroid dienone is 2. The van der Waals surface area contributed by atoms with Gasteiger partial charge in [-0.3, -0.25) is 9.79 Å². The summed E-state index contributed by atoms with van der Waals surface area (Å²) in [6, 6.07) is 0. The maximum absolute atomic E-state index is 10.9. The lowest BCUT2D eigenvalue weighted by Gasteiger charge is -2.26. The Bertz CT molecular complexity index is 276. The van der Waals surface area contributed by atoms with E-state index in [4.69, 9.17) is 0 Å². The van der Waals surface area contributed by atoms with Gasteiger partial charge in [-0.1, -0.05) is 0 Å². The van der Waals surface area contributed by atoms with E-state index in [-0.39, 0.29) is 5.78 Å². The molecule has 0 aromatic rings. The van der Waals surface area contributed by atoms with E-state index in [1.165, 1.54) is 0 Å². The Labute approximate surface area is 64.7 Å². The second kappa shape index (κ2) is 2.34. The summed E-state index contributed by atoms with van der Waals surface area (Å²) < 4.78 is 0. The predicted molar refractivity (Wildman–Crippen MR) is 42.3 cm³/mol. The summed E-state index contributed by atoms with van der Waals surface area (Å²) in [5, 5.41) is 0. The molecule has 0 fully saturated rings. The quantitative estimate of drug-likeness (QED) is 0.496. The number of nitrogens with zero attached hydrogens (tertiary/aromatic N) is 2. The highest BCUT2D eigenvalue weighted by atomic mass is 16.1. The maximum Gasteiger partial charge on any atom is 0.175 e. The Morgan fingerprint density at radius 2 is 2.36 bits per heavy atom. The highest BCUT2D eigenvalue weighted by molar-refractivity contribution is 5.93. The lowest BCUT2D eigenvalue weighted by atomic mass is 10.2. The smallest absolute Gasteiger partial charge is 0.175 e. The van der Waals surface area contributed by atoms with Gasteiger partial charge in [-0.25, -0.2) is 0 Å². The number of hydrogen-bond donors (Lipinski definition) is 0. The molecular formula is C8H8N2O. The van der Waals surface area contributed by atoms with Crippen molar-refractivity contribution in [3.63, 3.8) is 0 Å². The van der Waals surface area contributed by atoms with Crippen LogP contribution in [0.1, 0.15) is 0 Å². The number of aliphatic imine (C=N–C) groups is 1. The number of carbonyl (C=O) groups is 1. The highest BCUT2D eigenvalue weighted by Crippen LogP contribution is 2.12. The van der Waals surface area contributed by atoms with Gasteiger partial charge < -0.3 is 4.90 Å². The zero-order chi connectivity index (χ0) is 7.68. The zero-order valence-electron chi connectivity index (χ0n) is 6.03. The summed E-state index contributed by atoms with van der Waals surface area (Å²) in [4.78, 5) is 16.9. The van der Waals surface area contributed by atoms with Crippen molar-refractivity contribution < 1.29 is 4.79 Å². The van der Waals surface area contributed by atoms with E-state index >= 15 is 0 Å². The second-order valence-corrected chi connectivity index (χ2v) is 2.56. The van der Waals surface area contributed by atoms with Crippen LogP contribution in [0, 0.1) is 0 Å². The molecular weight excluding hydrogens is 140 g/mol. The largest absolute Gasteiger partial charge is 0.344 e.